The van der Waals surface area contributed by atoms with Crippen molar-refractivity contribution in [2.45, 2.75) is 49.3 Å². The SMILES string of the molecule is COC1=C(Br)C(O)C2ON=C(C(=O)NCCC(O)CCNC(=O)C3=NOC4(C=C(Br)C(OC)=C(Br)C4O)C3)C2=C1Br. The van der Waals surface area contributed by atoms with E-state index in [1.807, 2.05) is 0 Å². The van der Waals surface area contributed by atoms with Gasteiger partial charge in [-0.2, -0.15) is 0 Å². The first-order valence-electron chi connectivity index (χ1n) is 12.2. The van der Waals surface area contributed by atoms with Gasteiger partial charge in [-0.15, -0.1) is 0 Å². The van der Waals surface area contributed by atoms with E-state index in [0.29, 0.717) is 35.0 Å². The zero-order valence-electron chi connectivity index (χ0n) is 21.6. The van der Waals surface area contributed by atoms with Crippen LogP contribution < -0.4 is 10.6 Å². The number of nitrogens with zero attached hydrogens (tertiary/aromatic N) is 2. The molecule has 224 valence electrons. The first kappa shape index (κ1) is 32.2. The Hall–Kier alpha value is -1.76. The van der Waals surface area contributed by atoms with Gasteiger partial charge in [0.25, 0.3) is 11.8 Å². The van der Waals surface area contributed by atoms with Crippen LogP contribution in [0.3, 0.4) is 0 Å². The van der Waals surface area contributed by atoms with Crippen molar-refractivity contribution in [2.75, 3.05) is 27.3 Å². The highest BCUT2D eigenvalue weighted by Crippen LogP contribution is 2.44. The van der Waals surface area contributed by atoms with E-state index in [1.54, 1.807) is 6.08 Å². The van der Waals surface area contributed by atoms with Gasteiger partial charge >= 0.3 is 0 Å². The van der Waals surface area contributed by atoms with E-state index in [2.05, 4.69) is 84.7 Å². The number of halogens is 4. The standard InChI is InChI=1S/C24H26Br4N4O9/c1-38-18-10(25)7-24(21(35)15(18)28)8-11(31-41-24)22(36)29-5-3-9(33)4-6-30-23(37)16-12-13(26)20(39-2)14(27)17(34)19(12)40-32-16/h7,9,17,19,21,33-35H,3-6,8H2,1-2H3,(H,29,36)(H,30,37). The molecule has 2 heterocycles. The number of carbonyl (C=O) groups excluding carboxylic acids is 2. The molecule has 0 saturated carbocycles. The number of aliphatic hydroxyl groups excluding tert-OH is 3. The number of amides is 2. The monoisotopic (exact) mass is 830 g/mol. The predicted octanol–water partition coefficient (Wildman–Crippen LogP) is 1.81. The first-order chi connectivity index (χ1) is 19.5. The van der Waals surface area contributed by atoms with Gasteiger partial charge in [0.1, 0.15) is 29.4 Å². The second kappa shape index (κ2) is 13.3. The number of ether oxygens (including phenoxy) is 2. The van der Waals surface area contributed by atoms with Crippen LogP contribution in [0, 0.1) is 0 Å². The third-order valence-corrected chi connectivity index (χ3v) is 9.68. The fourth-order valence-corrected chi connectivity index (χ4v) is 7.94. The molecule has 2 aliphatic heterocycles. The first-order valence-corrected chi connectivity index (χ1v) is 15.4. The summed E-state index contributed by atoms with van der Waals surface area (Å²) in [5.74, 6) is -0.303. The van der Waals surface area contributed by atoms with Gasteiger partial charge in [-0.1, -0.05) is 10.3 Å². The highest BCUT2D eigenvalue weighted by Gasteiger charge is 2.50. The molecule has 0 aromatic heterocycles. The zero-order chi connectivity index (χ0) is 30.1. The summed E-state index contributed by atoms with van der Waals surface area (Å²) in [5, 5.41) is 44.6. The van der Waals surface area contributed by atoms with Crippen molar-refractivity contribution in [3.63, 3.8) is 0 Å². The fourth-order valence-electron chi connectivity index (χ4n) is 4.49. The topological polar surface area (TPSA) is 181 Å². The summed E-state index contributed by atoms with van der Waals surface area (Å²) in [6.45, 7) is 0.260. The third-order valence-electron chi connectivity index (χ3n) is 6.69. The molecule has 0 radical (unpaired) electrons. The van der Waals surface area contributed by atoms with Gasteiger partial charge in [-0.05, 0) is 82.6 Å². The predicted molar refractivity (Wildman–Crippen MR) is 160 cm³/mol. The van der Waals surface area contributed by atoms with Crippen molar-refractivity contribution >= 4 is 87.0 Å². The molecule has 17 heteroatoms. The van der Waals surface area contributed by atoms with E-state index in [0.717, 1.165) is 0 Å². The number of aliphatic hydroxyl groups is 3. The third kappa shape index (κ3) is 6.31. The summed E-state index contributed by atoms with van der Waals surface area (Å²) in [4.78, 5) is 36.2. The lowest BCUT2D eigenvalue weighted by Gasteiger charge is -2.33. The number of carbonyl (C=O) groups is 2. The van der Waals surface area contributed by atoms with Crippen LogP contribution in [0.5, 0.6) is 0 Å². The number of methoxy groups -OCH3 is 2. The Balaban J connectivity index is 1.21. The summed E-state index contributed by atoms with van der Waals surface area (Å²) in [7, 11) is 2.89. The molecule has 5 N–H and O–H groups in total. The Morgan fingerprint density at radius 2 is 1.68 bits per heavy atom. The Morgan fingerprint density at radius 1 is 1.05 bits per heavy atom. The van der Waals surface area contributed by atoms with Crippen molar-refractivity contribution in [3.05, 3.63) is 41.1 Å². The number of hydrogen-bond acceptors (Lipinski definition) is 11. The maximum atomic E-state index is 12.8. The number of oxime groups is 2. The highest BCUT2D eigenvalue weighted by atomic mass is 79.9. The summed E-state index contributed by atoms with van der Waals surface area (Å²) in [5.41, 5.74) is -0.837. The minimum Gasteiger partial charge on any atom is -0.495 e. The maximum absolute atomic E-state index is 12.8. The molecule has 1 spiro atoms. The summed E-state index contributed by atoms with van der Waals surface area (Å²) in [6.07, 6.45) is -1.91. The van der Waals surface area contributed by atoms with Crippen LogP contribution in [0.2, 0.25) is 0 Å². The van der Waals surface area contributed by atoms with E-state index in [-0.39, 0.29) is 43.8 Å². The van der Waals surface area contributed by atoms with E-state index in [4.69, 9.17) is 19.1 Å². The summed E-state index contributed by atoms with van der Waals surface area (Å²) in [6, 6.07) is 0. The second-order valence-corrected chi connectivity index (χ2v) is 12.7. The van der Waals surface area contributed by atoms with E-state index >= 15 is 0 Å². The molecule has 2 aliphatic carbocycles. The normalized spacial score (nSPS) is 27.9. The highest BCUT2D eigenvalue weighted by molar-refractivity contribution is 9.12. The number of fused-ring (bicyclic) bond motifs is 1. The van der Waals surface area contributed by atoms with Gasteiger partial charge in [0, 0.05) is 19.5 Å². The van der Waals surface area contributed by atoms with Crippen LogP contribution >= 0.6 is 63.7 Å². The lowest BCUT2D eigenvalue weighted by Crippen LogP contribution is -2.45. The van der Waals surface area contributed by atoms with E-state index in [1.165, 1.54) is 14.2 Å². The number of rotatable bonds is 10. The summed E-state index contributed by atoms with van der Waals surface area (Å²) >= 11 is 13.3. The minimum absolute atomic E-state index is 0.0134. The molecular weight excluding hydrogens is 808 g/mol. The average molecular weight is 834 g/mol. The van der Waals surface area contributed by atoms with Crippen molar-refractivity contribution in [2.24, 2.45) is 10.3 Å². The second-order valence-electron chi connectivity index (χ2n) is 9.30. The molecule has 4 rings (SSSR count). The molecular formula is C24H26Br4N4O9. The number of hydrogen-bond donors (Lipinski definition) is 5. The Morgan fingerprint density at radius 3 is 2.32 bits per heavy atom. The molecule has 0 saturated heterocycles. The van der Waals surface area contributed by atoms with Crippen LogP contribution in [0.25, 0.3) is 0 Å². The smallest absolute Gasteiger partial charge is 0.273 e. The quantitative estimate of drug-likeness (QED) is 0.220. The average Bonchev–Trinajstić information content (AvgIpc) is 3.57. The molecule has 41 heavy (non-hydrogen) atoms. The van der Waals surface area contributed by atoms with Crippen LogP contribution in [-0.4, -0.2) is 95.9 Å². The van der Waals surface area contributed by atoms with Gasteiger partial charge in [0.05, 0.1) is 43.8 Å². The van der Waals surface area contributed by atoms with Crippen molar-refractivity contribution < 1.29 is 44.1 Å². The Kier molecular flexibility index (Phi) is 10.4. The van der Waals surface area contributed by atoms with Crippen LogP contribution in [0.4, 0.5) is 0 Å². The minimum atomic E-state index is -1.27. The molecule has 0 fully saturated rings. The molecule has 13 nitrogen and oxygen atoms in total. The van der Waals surface area contributed by atoms with E-state index in [9.17, 15) is 24.9 Å². The summed E-state index contributed by atoms with van der Waals surface area (Å²) < 4.78 is 12.2. The molecule has 2 amide bonds. The molecule has 4 aliphatic rings. The van der Waals surface area contributed by atoms with Crippen LogP contribution in [0.1, 0.15) is 19.3 Å². The van der Waals surface area contributed by atoms with Gasteiger partial charge in [0.2, 0.25) is 0 Å². The largest absolute Gasteiger partial charge is 0.495 e. The molecule has 5 atom stereocenters. The van der Waals surface area contributed by atoms with Crippen LogP contribution in [0.15, 0.2) is 51.4 Å². The lowest BCUT2D eigenvalue weighted by molar-refractivity contribution is -0.115. The Labute approximate surface area is 268 Å². The molecule has 5 unspecified atom stereocenters. The molecule has 0 aromatic rings. The number of allylic oxidation sites excluding steroid dienone is 2. The molecule has 0 aromatic carbocycles. The van der Waals surface area contributed by atoms with Crippen LogP contribution in [-0.2, 0) is 28.7 Å². The maximum Gasteiger partial charge on any atom is 0.273 e. The van der Waals surface area contributed by atoms with Gasteiger partial charge in [0.15, 0.2) is 17.4 Å². The lowest BCUT2D eigenvalue weighted by atomic mass is 9.87. The van der Waals surface area contributed by atoms with Crippen molar-refractivity contribution in [1.29, 1.82) is 0 Å². The molecule has 0 bridgehead atoms. The Bertz CT molecular complexity index is 1310. The zero-order valence-corrected chi connectivity index (χ0v) is 28.0. The van der Waals surface area contributed by atoms with E-state index < -0.39 is 41.8 Å². The van der Waals surface area contributed by atoms with Gasteiger partial charge in [-0.25, -0.2) is 0 Å². The van der Waals surface area contributed by atoms with Gasteiger partial charge in [-0.3, -0.25) is 9.59 Å². The fraction of sp³-hybridized carbons (Fsp3) is 0.500. The van der Waals surface area contributed by atoms with Gasteiger partial charge < -0.3 is 45.1 Å². The number of nitrogens with one attached hydrogen (secondary N) is 2. The van der Waals surface area contributed by atoms with Crippen molar-refractivity contribution in [1.82, 2.24) is 10.6 Å². The van der Waals surface area contributed by atoms with Crippen molar-refractivity contribution in [3.8, 4) is 0 Å².